The van der Waals surface area contributed by atoms with Crippen molar-refractivity contribution in [3.63, 3.8) is 0 Å². The smallest absolute Gasteiger partial charge is 0.143 e. The quantitative estimate of drug-likeness (QED) is 0.178. The first-order valence-electron chi connectivity index (χ1n) is 17.1. The molecule has 0 spiro atoms. The number of furan rings is 1. The van der Waals surface area contributed by atoms with Crippen LogP contribution in [0, 0.1) is 0 Å². The molecule has 0 aliphatic heterocycles. The minimum atomic E-state index is 0.284. The molecule has 1 atom stereocenters. The SMILES string of the molecule is C1=CC(c2cccc(-c3cccc4c3oc3ccccc34)c2)Cc2cccc(-c3c4ccccc4c(-c4ccccc4)c4ccccc34)c21. The van der Waals surface area contributed by atoms with Gasteiger partial charge >= 0.3 is 0 Å². The molecule has 0 saturated heterocycles. The number of hydrogen-bond donors (Lipinski definition) is 0. The third-order valence-corrected chi connectivity index (χ3v) is 10.4. The Morgan fingerprint density at radius 2 is 1.04 bits per heavy atom. The summed E-state index contributed by atoms with van der Waals surface area (Å²) in [6, 6.07) is 59.4. The van der Waals surface area contributed by atoms with Gasteiger partial charge in [0.1, 0.15) is 11.2 Å². The molecule has 0 bridgehead atoms. The van der Waals surface area contributed by atoms with Gasteiger partial charge in [-0.25, -0.2) is 0 Å². The van der Waals surface area contributed by atoms with Gasteiger partial charge in [-0.15, -0.1) is 0 Å². The second-order valence-electron chi connectivity index (χ2n) is 13.2. The van der Waals surface area contributed by atoms with Gasteiger partial charge in [-0.1, -0.05) is 170 Å². The molecule has 1 heteroatoms. The number of para-hydroxylation sites is 2. The summed E-state index contributed by atoms with van der Waals surface area (Å²) in [6.07, 6.45) is 5.74. The van der Waals surface area contributed by atoms with Crippen molar-refractivity contribution in [1.82, 2.24) is 0 Å². The van der Waals surface area contributed by atoms with E-state index in [1.807, 2.05) is 6.07 Å². The third kappa shape index (κ3) is 4.47. The number of benzene rings is 8. The van der Waals surface area contributed by atoms with Crippen molar-refractivity contribution in [3.05, 3.63) is 187 Å². The van der Waals surface area contributed by atoms with Gasteiger partial charge in [0.15, 0.2) is 0 Å². The zero-order valence-electron chi connectivity index (χ0n) is 26.9. The van der Waals surface area contributed by atoms with E-state index in [9.17, 15) is 0 Å². The first kappa shape index (κ1) is 27.9. The molecule has 49 heavy (non-hydrogen) atoms. The van der Waals surface area contributed by atoms with Gasteiger partial charge in [0.25, 0.3) is 0 Å². The molecule has 0 radical (unpaired) electrons. The molecule has 1 unspecified atom stereocenters. The van der Waals surface area contributed by atoms with Crippen molar-refractivity contribution in [2.75, 3.05) is 0 Å². The minimum absolute atomic E-state index is 0.284. The monoisotopic (exact) mass is 624 g/mol. The zero-order valence-corrected chi connectivity index (χ0v) is 26.9. The molecule has 8 aromatic carbocycles. The standard InChI is InChI=1S/C48H32O/c1-2-13-31(14-3-1)46-40-19-4-6-21-42(40)47(43-22-7-5-20-41(43)46)39-24-11-17-34-30-33(27-28-36(34)39)32-15-10-16-35(29-32)37-23-12-25-44-38-18-8-9-26-45(38)49-48(37)44/h1-29,33H,30H2. The molecule has 10 rings (SSSR count). The molecule has 0 amide bonds. The highest BCUT2D eigenvalue weighted by molar-refractivity contribution is 6.22. The fraction of sp³-hybridized carbons (Fsp3) is 0.0417. The van der Waals surface area contributed by atoms with Gasteiger partial charge in [-0.3, -0.25) is 0 Å². The maximum atomic E-state index is 6.40. The van der Waals surface area contributed by atoms with Crippen LogP contribution in [0.5, 0.6) is 0 Å². The Hall–Kier alpha value is -6.18. The summed E-state index contributed by atoms with van der Waals surface area (Å²) in [5.74, 6) is 0.284. The van der Waals surface area contributed by atoms with Gasteiger partial charge in [-0.2, -0.15) is 0 Å². The predicted molar refractivity (Wildman–Crippen MR) is 207 cm³/mol. The molecular weight excluding hydrogens is 593 g/mol. The van der Waals surface area contributed by atoms with E-state index in [0.29, 0.717) is 0 Å². The molecular formula is C48H32O. The minimum Gasteiger partial charge on any atom is -0.455 e. The molecule has 1 aliphatic rings. The van der Waals surface area contributed by atoms with Crippen LogP contribution in [0.3, 0.4) is 0 Å². The lowest BCUT2D eigenvalue weighted by Gasteiger charge is -2.24. The summed E-state index contributed by atoms with van der Waals surface area (Å²) in [4.78, 5) is 0. The van der Waals surface area contributed by atoms with Gasteiger partial charge in [0.05, 0.1) is 0 Å². The van der Waals surface area contributed by atoms with Crippen molar-refractivity contribution in [3.8, 4) is 33.4 Å². The largest absolute Gasteiger partial charge is 0.455 e. The lowest BCUT2D eigenvalue weighted by Crippen LogP contribution is -2.07. The van der Waals surface area contributed by atoms with Crippen molar-refractivity contribution in [1.29, 1.82) is 0 Å². The van der Waals surface area contributed by atoms with Crippen LogP contribution in [-0.2, 0) is 6.42 Å². The molecule has 0 N–H and O–H groups in total. The Bertz CT molecular complexity index is 2690. The van der Waals surface area contributed by atoms with Crippen molar-refractivity contribution in [2.45, 2.75) is 12.3 Å². The topological polar surface area (TPSA) is 13.1 Å². The van der Waals surface area contributed by atoms with Crippen LogP contribution in [0.25, 0.3) is 82.9 Å². The normalized spacial score (nSPS) is 14.2. The number of allylic oxidation sites excluding steroid dienone is 1. The van der Waals surface area contributed by atoms with E-state index in [2.05, 4.69) is 170 Å². The average molecular weight is 625 g/mol. The second-order valence-corrected chi connectivity index (χ2v) is 13.2. The van der Waals surface area contributed by atoms with E-state index in [1.165, 1.54) is 66.1 Å². The summed E-state index contributed by atoms with van der Waals surface area (Å²) in [7, 11) is 0. The maximum Gasteiger partial charge on any atom is 0.143 e. The number of hydrogen-bond acceptors (Lipinski definition) is 1. The van der Waals surface area contributed by atoms with E-state index in [-0.39, 0.29) is 5.92 Å². The molecule has 0 saturated carbocycles. The second kappa shape index (κ2) is 11.2. The highest BCUT2D eigenvalue weighted by Crippen LogP contribution is 2.46. The van der Waals surface area contributed by atoms with E-state index in [1.54, 1.807) is 0 Å². The van der Waals surface area contributed by atoms with Crippen molar-refractivity contribution >= 4 is 49.6 Å². The van der Waals surface area contributed by atoms with Gasteiger partial charge in [0, 0.05) is 22.3 Å². The van der Waals surface area contributed by atoms with Crippen molar-refractivity contribution in [2.24, 2.45) is 0 Å². The van der Waals surface area contributed by atoms with Crippen molar-refractivity contribution < 1.29 is 4.42 Å². The fourth-order valence-corrected chi connectivity index (χ4v) is 8.20. The zero-order chi connectivity index (χ0) is 32.3. The maximum absolute atomic E-state index is 6.40. The summed E-state index contributed by atoms with van der Waals surface area (Å²) in [5.41, 5.74) is 13.4. The molecule has 9 aromatic rings. The lowest BCUT2D eigenvalue weighted by molar-refractivity contribution is 0.670. The van der Waals surface area contributed by atoms with E-state index >= 15 is 0 Å². The molecule has 1 aliphatic carbocycles. The van der Waals surface area contributed by atoms with Crippen LogP contribution in [0.2, 0.25) is 0 Å². The molecule has 0 fully saturated rings. The predicted octanol–water partition coefficient (Wildman–Crippen LogP) is 13.2. The van der Waals surface area contributed by atoms with Gasteiger partial charge in [0.2, 0.25) is 0 Å². The molecule has 230 valence electrons. The summed E-state index contributed by atoms with van der Waals surface area (Å²) < 4.78 is 6.40. The van der Waals surface area contributed by atoms with Crippen LogP contribution >= 0.6 is 0 Å². The Morgan fingerprint density at radius 1 is 0.449 bits per heavy atom. The third-order valence-electron chi connectivity index (χ3n) is 10.4. The summed E-state index contributed by atoms with van der Waals surface area (Å²) >= 11 is 0. The molecule has 1 heterocycles. The Morgan fingerprint density at radius 3 is 1.82 bits per heavy atom. The van der Waals surface area contributed by atoms with E-state index in [4.69, 9.17) is 4.42 Å². The first-order valence-corrected chi connectivity index (χ1v) is 17.1. The Balaban J connectivity index is 1.08. The van der Waals surface area contributed by atoms with E-state index < -0.39 is 0 Å². The van der Waals surface area contributed by atoms with Crippen LogP contribution in [-0.4, -0.2) is 0 Å². The molecule has 1 aromatic heterocycles. The Labute approximate surface area is 285 Å². The van der Waals surface area contributed by atoms with Gasteiger partial charge in [-0.05, 0) is 78.5 Å². The van der Waals surface area contributed by atoms with Crippen LogP contribution < -0.4 is 0 Å². The van der Waals surface area contributed by atoms with Crippen LogP contribution in [0.1, 0.15) is 22.6 Å². The summed E-state index contributed by atoms with van der Waals surface area (Å²) in [5, 5.41) is 7.47. The molecule has 1 nitrogen and oxygen atoms in total. The highest BCUT2D eigenvalue weighted by atomic mass is 16.3. The lowest BCUT2D eigenvalue weighted by atomic mass is 9.79. The van der Waals surface area contributed by atoms with Crippen LogP contribution in [0.4, 0.5) is 0 Å². The van der Waals surface area contributed by atoms with Gasteiger partial charge < -0.3 is 4.42 Å². The number of rotatable bonds is 4. The number of fused-ring (bicyclic) bond motifs is 6. The van der Waals surface area contributed by atoms with Crippen LogP contribution in [0.15, 0.2) is 174 Å². The van der Waals surface area contributed by atoms with E-state index in [0.717, 1.165) is 33.9 Å². The average Bonchev–Trinajstić information content (AvgIpc) is 3.56. The summed E-state index contributed by atoms with van der Waals surface area (Å²) in [6.45, 7) is 0. The first-order chi connectivity index (χ1) is 24.3. The Kier molecular flexibility index (Phi) is 6.38. The fourth-order valence-electron chi connectivity index (χ4n) is 8.20. The highest BCUT2D eigenvalue weighted by Gasteiger charge is 2.23.